The normalized spacial score (nSPS) is 27.3. The van der Waals surface area contributed by atoms with Gasteiger partial charge in [-0.15, -0.1) is 5.10 Å². The maximum absolute atomic E-state index is 14.8. The number of piperidine rings is 1. The Hall–Kier alpha value is -8.24. The number of Topliss-reactive ketones (excluding diaryl/α,β-unsaturated/α-hetero) is 3. The molecule has 6 N–H and O–H groups in total. The summed E-state index contributed by atoms with van der Waals surface area (Å²) in [6, 6.07) is 4.41. The summed E-state index contributed by atoms with van der Waals surface area (Å²) in [5.41, 5.74) is 17.4. The van der Waals surface area contributed by atoms with Gasteiger partial charge in [0.15, 0.2) is 17.0 Å². The number of nitrogen functional groups attached to an aromatic ring is 2. The second-order valence-electron chi connectivity index (χ2n) is 34.4. The van der Waals surface area contributed by atoms with Crippen molar-refractivity contribution in [3.05, 3.63) is 84.0 Å². The molecule has 0 spiro atoms. The lowest BCUT2D eigenvalue weighted by molar-refractivity contribution is -0.265. The first-order valence-electron chi connectivity index (χ1n) is 45.4. The molecular formula is C92H138N12O23. The molecule has 4 fully saturated rings. The van der Waals surface area contributed by atoms with Gasteiger partial charge in [0.1, 0.15) is 53.5 Å². The molecule has 2 amide bonds. The van der Waals surface area contributed by atoms with Crippen LogP contribution in [0.15, 0.2) is 82.7 Å². The number of hydrogen-bond donors (Lipinski definition) is 4. The zero-order valence-electron chi connectivity index (χ0n) is 76.0. The molecule has 0 radical (unpaired) electrons. The summed E-state index contributed by atoms with van der Waals surface area (Å²) in [7, 11) is 4.65. The van der Waals surface area contributed by atoms with Gasteiger partial charge in [-0.1, -0.05) is 76.3 Å². The minimum atomic E-state index is -2.46. The Morgan fingerprint density at radius 1 is 0.717 bits per heavy atom. The molecule has 3 saturated heterocycles. The highest BCUT2D eigenvalue weighted by Gasteiger charge is 2.53. The lowest BCUT2D eigenvalue weighted by Crippen LogP contribution is -2.61. The molecule has 35 nitrogen and oxygen atoms in total. The number of ether oxygens (including phenoxy) is 14. The van der Waals surface area contributed by atoms with Crippen LogP contribution >= 0.6 is 0 Å². The fraction of sp³-hybridized carbons (Fsp3) is 0.696. The molecule has 127 heavy (non-hydrogen) atoms. The third-order valence-corrected chi connectivity index (χ3v) is 24.7. The first kappa shape index (κ1) is 101. The number of aliphatic hydroxyl groups is 2. The summed E-state index contributed by atoms with van der Waals surface area (Å²) in [5, 5.41) is 38.0. The number of hydrogen-bond acceptors (Lipinski definition) is 31. The Bertz CT molecular complexity index is 4390. The molecule has 0 unspecified atom stereocenters. The van der Waals surface area contributed by atoms with E-state index in [0.717, 1.165) is 48.9 Å². The number of unbranched alkanes of at least 4 members (excludes halogenated alkanes) is 1. The van der Waals surface area contributed by atoms with Gasteiger partial charge in [0.25, 0.3) is 17.7 Å². The van der Waals surface area contributed by atoms with E-state index < -0.39 is 77.8 Å². The van der Waals surface area contributed by atoms with Crippen LogP contribution in [0.25, 0.3) is 33.4 Å². The number of ketones is 3. The number of methoxy groups -OCH3 is 3. The highest BCUT2D eigenvalue weighted by Crippen LogP contribution is 2.40. The standard InChI is InChI=1S/C92H138N12O23/c1-60-18-12-11-13-19-61(2)77(113-8)53-71-25-22-66(7)92(112,127-71)86(109)89(110)103-29-16-14-21-73(103)90(111)125-78(54-74(105)62(3)49-65(6)84(108)85(115-10)83(107)64(5)48-60)63(4)50-67-23-26-76(79(51-67)114-9)124-31-17-15-20-70-58-102(100-98-70)30-33-117-35-37-119-39-41-121-43-45-123-47-46-122-44-42-120-40-38-118-36-34-116-32-28-80(106)101-55-68(56-101)57-104-88-81(87(93)95-59-96-88)82(99-104)69-24-27-75-72(52-69)97-91(94)126-75/h11-13,18-19,24,27,49,52,58-60,62-64,66-68,71,73,76-79,84-85,108,112H,14-17,20-23,25-26,28-48,50-51,53-57H2,1-10H3,(H2,94,97)(H2,93,95,96)/b13-11+,18-12+,61-19+,65-49+/t60-,62-,63-,64-,66-,67+,71+,73+,76-,77+,78+,79-,84-,85+,92-/m1/s1. The lowest BCUT2D eigenvalue weighted by atomic mass is 9.78. The molecule has 1 aromatic carbocycles. The number of carbonyl (C=O) groups is 6. The predicted octanol–water partition coefficient (Wildman–Crippen LogP) is 8.61. The fourth-order valence-corrected chi connectivity index (χ4v) is 17.2. The van der Waals surface area contributed by atoms with Crippen LogP contribution in [0.3, 0.4) is 0 Å². The lowest BCUT2D eigenvalue weighted by Gasteiger charge is -2.42. The number of nitrogens with two attached hydrogens (primary N) is 2. The van der Waals surface area contributed by atoms with Crippen molar-refractivity contribution in [2.45, 2.75) is 219 Å². The molecule has 4 aromatic heterocycles. The number of cyclic esters (lactones) is 1. The molecule has 2 bridgehead atoms. The van der Waals surface area contributed by atoms with Crippen molar-refractivity contribution in [1.82, 2.24) is 49.5 Å². The van der Waals surface area contributed by atoms with Crippen molar-refractivity contribution >= 4 is 69.1 Å². The molecule has 1 aliphatic carbocycles. The summed E-state index contributed by atoms with van der Waals surface area (Å²) in [6.07, 6.45) is 17.8. The Balaban J connectivity index is 0.545. The number of rotatable bonds is 42. The van der Waals surface area contributed by atoms with Crippen LogP contribution in [0.1, 0.15) is 150 Å². The number of allylic oxidation sites excluding steroid dienone is 6. The number of oxazole rings is 1. The Labute approximate surface area is 745 Å². The van der Waals surface area contributed by atoms with Crippen molar-refractivity contribution in [3.8, 4) is 11.3 Å². The van der Waals surface area contributed by atoms with Crippen molar-refractivity contribution in [1.29, 1.82) is 0 Å². The number of fused-ring (bicyclic) bond motifs is 5. The number of aryl methyl sites for hydroxylation is 1. The number of likely N-dealkylation sites (tertiary alicyclic amines) is 1. The number of nitrogens with zero attached hydrogens (tertiary/aromatic N) is 10. The first-order chi connectivity index (χ1) is 61.4. The van der Waals surface area contributed by atoms with Crippen LogP contribution in [0, 0.1) is 41.4 Å². The third kappa shape index (κ3) is 30.2. The maximum atomic E-state index is 14.8. The van der Waals surface area contributed by atoms with Gasteiger partial charge in [-0.3, -0.25) is 24.0 Å². The van der Waals surface area contributed by atoms with Crippen molar-refractivity contribution < 1.29 is 110 Å². The van der Waals surface area contributed by atoms with Gasteiger partial charge >= 0.3 is 5.97 Å². The Kier molecular flexibility index (Phi) is 41.3. The quantitative estimate of drug-likeness (QED) is 0.0123. The predicted molar refractivity (Wildman–Crippen MR) is 470 cm³/mol. The number of amides is 2. The van der Waals surface area contributed by atoms with E-state index in [4.69, 9.17) is 87.3 Å². The molecule has 15 atom stereocenters. The minimum Gasteiger partial charge on any atom is -0.460 e. The Morgan fingerprint density at radius 2 is 1.39 bits per heavy atom. The molecule has 5 aliphatic rings. The highest BCUT2D eigenvalue weighted by molar-refractivity contribution is 6.39. The second-order valence-corrected chi connectivity index (χ2v) is 34.4. The molecule has 4 aliphatic heterocycles. The molecule has 1 saturated carbocycles. The minimum absolute atomic E-state index is 0.00502. The Morgan fingerprint density at radius 3 is 2.06 bits per heavy atom. The van der Waals surface area contributed by atoms with E-state index in [9.17, 15) is 39.0 Å². The molecule has 35 heteroatoms. The molecule has 8 heterocycles. The summed E-state index contributed by atoms with van der Waals surface area (Å²) in [4.78, 5) is 101. The first-order valence-corrected chi connectivity index (χ1v) is 45.4. The van der Waals surface area contributed by atoms with E-state index in [1.165, 1.54) is 18.3 Å². The number of anilines is 2. The van der Waals surface area contributed by atoms with E-state index in [2.05, 4.69) is 25.3 Å². The summed E-state index contributed by atoms with van der Waals surface area (Å²) < 4.78 is 91.0. The van der Waals surface area contributed by atoms with Gasteiger partial charge < -0.3 is 102 Å². The van der Waals surface area contributed by atoms with E-state index in [1.807, 2.05) is 86.0 Å². The van der Waals surface area contributed by atoms with Crippen LogP contribution in [-0.4, -0.2) is 303 Å². The number of aromatic nitrogens is 8. The van der Waals surface area contributed by atoms with Crippen molar-refractivity contribution in [2.24, 2.45) is 41.4 Å². The highest BCUT2D eigenvalue weighted by atomic mass is 16.6. The van der Waals surface area contributed by atoms with Crippen LogP contribution in [0.4, 0.5) is 11.8 Å². The molecule has 704 valence electrons. The molecule has 5 aromatic rings. The van der Waals surface area contributed by atoms with Gasteiger partial charge in [0.05, 0.1) is 154 Å². The maximum Gasteiger partial charge on any atom is 0.329 e. The van der Waals surface area contributed by atoms with Gasteiger partial charge in [-0.2, -0.15) is 10.1 Å². The van der Waals surface area contributed by atoms with E-state index in [0.29, 0.717) is 229 Å². The molecule has 10 rings (SSSR count). The zero-order valence-corrected chi connectivity index (χ0v) is 76.0. The molecular weight excluding hydrogens is 1640 g/mol. The van der Waals surface area contributed by atoms with E-state index in [1.54, 1.807) is 51.8 Å². The van der Waals surface area contributed by atoms with Gasteiger partial charge in [-0.25, -0.2) is 24.1 Å². The average Bonchev–Trinajstić information content (AvgIpc) is 1.67. The van der Waals surface area contributed by atoms with Crippen molar-refractivity contribution in [2.75, 3.05) is 165 Å². The number of benzene rings is 1. The second kappa shape index (κ2) is 52.0. The van der Waals surface area contributed by atoms with Crippen LogP contribution in [0.5, 0.6) is 0 Å². The number of carbonyl (C=O) groups excluding carboxylic acids is 6. The van der Waals surface area contributed by atoms with E-state index in [-0.39, 0.29) is 85.2 Å². The topological polar surface area (TPSA) is 431 Å². The number of esters is 1. The fourth-order valence-electron chi connectivity index (χ4n) is 17.2. The zero-order chi connectivity index (χ0) is 90.8. The monoisotopic (exact) mass is 1780 g/mol. The van der Waals surface area contributed by atoms with Crippen LogP contribution in [0.2, 0.25) is 0 Å². The third-order valence-electron chi connectivity index (χ3n) is 24.7. The van der Waals surface area contributed by atoms with Gasteiger partial charge in [-0.05, 0) is 144 Å². The average molecular weight is 1780 g/mol. The van der Waals surface area contributed by atoms with Crippen LogP contribution < -0.4 is 11.5 Å². The smallest absolute Gasteiger partial charge is 0.329 e. The summed E-state index contributed by atoms with van der Waals surface area (Å²) in [5.74, 6) is -7.63. The summed E-state index contributed by atoms with van der Waals surface area (Å²) in [6.45, 7) is 22.3. The summed E-state index contributed by atoms with van der Waals surface area (Å²) >= 11 is 0. The largest absolute Gasteiger partial charge is 0.460 e. The van der Waals surface area contributed by atoms with Gasteiger partial charge in [0, 0.05) is 102 Å². The number of aliphatic hydroxyl groups excluding tert-OH is 1. The van der Waals surface area contributed by atoms with Crippen molar-refractivity contribution in [3.63, 3.8) is 0 Å². The van der Waals surface area contributed by atoms with Crippen LogP contribution in [-0.2, 0) is 115 Å². The van der Waals surface area contributed by atoms with Gasteiger partial charge in [0.2, 0.25) is 11.7 Å². The van der Waals surface area contributed by atoms with E-state index >= 15 is 0 Å². The SMILES string of the molecule is CO[C@H]1C[C@@H]2CC[C@@H](C)[C@@](O)(O2)C(=O)C(=O)N2CCCC[C@H]2C(=O)O[C@H]([C@H](C)C[C@@H]2CC[C@@H](OCCCCc3cn(CCOCCOCCOCCOCCOCCOCCOCCOCCC(=O)N4CC(Cn5nc(-c6ccc7oc(N)nc7c6)c6c(N)ncnc65)C4)nn3)[C@H](OC)C2)CC(=O)[C@H](C)/C=C(\C)[C@@H](O)[C@@H](OC)C(=O)[C@H](C)C[C@H](C)/C=C/C=C/C=C/1C.